The van der Waals surface area contributed by atoms with Crippen molar-refractivity contribution in [3.05, 3.63) is 35.4 Å². The van der Waals surface area contributed by atoms with Crippen LogP contribution in [0.3, 0.4) is 0 Å². The number of rotatable bonds is 5. The Morgan fingerprint density at radius 1 is 1.15 bits per heavy atom. The molecule has 20 heavy (non-hydrogen) atoms. The fourth-order valence-corrected chi connectivity index (χ4v) is 3.58. The molecule has 1 aromatic rings. The fraction of sp³-hybridized carbons (Fsp3) is 0.647. The van der Waals surface area contributed by atoms with Crippen molar-refractivity contribution in [2.75, 3.05) is 26.4 Å². The Morgan fingerprint density at radius 2 is 2.00 bits per heavy atom. The van der Waals surface area contributed by atoms with Crippen LogP contribution in [0, 0.1) is 11.8 Å². The molecule has 2 N–H and O–H groups in total. The van der Waals surface area contributed by atoms with E-state index in [9.17, 15) is 0 Å². The average molecular weight is 275 g/mol. The van der Waals surface area contributed by atoms with Crippen LogP contribution in [0.15, 0.2) is 24.3 Å². The lowest BCUT2D eigenvalue weighted by Crippen LogP contribution is -2.25. The quantitative estimate of drug-likeness (QED) is 0.898. The van der Waals surface area contributed by atoms with Gasteiger partial charge in [-0.2, -0.15) is 0 Å². The lowest BCUT2D eigenvalue weighted by Gasteiger charge is -2.27. The van der Waals surface area contributed by atoms with E-state index in [0.29, 0.717) is 18.4 Å². The van der Waals surface area contributed by atoms with Gasteiger partial charge >= 0.3 is 0 Å². The monoisotopic (exact) mass is 275 g/mol. The molecule has 3 nitrogen and oxygen atoms in total. The fourth-order valence-electron chi connectivity index (χ4n) is 3.58. The first-order valence-electron chi connectivity index (χ1n) is 7.85. The van der Waals surface area contributed by atoms with Crippen LogP contribution in [0.4, 0.5) is 0 Å². The zero-order valence-electron chi connectivity index (χ0n) is 12.1. The highest BCUT2D eigenvalue weighted by Gasteiger charge is 2.27. The highest BCUT2D eigenvalue weighted by molar-refractivity contribution is 5.30. The van der Waals surface area contributed by atoms with Crippen molar-refractivity contribution in [3.63, 3.8) is 0 Å². The Bertz CT molecular complexity index is 435. The summed E-state index contributed by atoms with van der Waals surface area (Å²) in [5.74, 6) is 1.31. The minimum atomic E-state index is 0.109. The summed E-state index contributed by atoms with van der Waals surface area (Å²) >= 11 is 0. The average Bonchev–Trinajstić information content (AvgIpc) is 2.95. The first-order chi connectivity index (χ1) is 9.88. The van der Waals surface area contributed by atoms with E-state index in [-0.39, 0.29) is 6.10 Å². The van der Waals surface area contributed by atoms with E-state index < -0.39 is 0 Å². The van der Waals surface area contributed by atoms with Crippen LogP contribution in [-0.4, -0.2) is 26.4 Å². The van der Waals surface area contributed by atoms with Gasteiger partial charge in [0.15, 0.2) is 0 Å². The van der Waals surface area contributed by atoms with Crippen molar-refractivity contribution in [3.8, 4) is 0 Å². The largest absolute Gasteiger partial charge is 0.378 e. The molecule has 3 rings (SSSR count). The van der Waals surface area contributed by atoms with Gasteiger partial charge in [0.25, 0.3) is 0 Å². The SMILES string of the molecule is NCC1CCCC1COCC1OCCc2ccccc21. The van der Waals surface area contributed by atoms with Gasteiger partial charge in [0.2, 0.25) is 0 Å². The van der Waals surface area contributed by atoms with E-state index in [4.69, 9.17) is 15.2 Å². The molecule has 0 radical (unpaired) electrons. The van der Waals surface area contributed by atoms with E-state index >= 15 is 0 Å². The number of hydrogen-bond acceptors (Lipinski definition) is 3. The summed E-state index contributed by atoms with van der Waals surface area (Å²) in [6.07, 6.45) is 4.97. The van der Waals surface area contributed by atoms with Gasteiger partial charge in [0.1, 0.15) is 6.10 Å². The number of nitrogens with two attached hydrogens (primary N) is 1. The molecular formula is C17H25NO2. The van der Waals surface area contributed by atoms with E-state index in [0.717, 1.165) is 26.2 Å². The maximum atomic E-state index is 5.97. The first-order valence-corrected chi connectivity index (χ1v) is 7.85. The molecule has 0 saturated heterocycles. The van der Waals surface area contributed by atoms with Crippen molar-refractivity contribution in [2.24, 2.45) is 17.6 Å². The molecule has 0 spiro atoms. The summed E-state index contributed by atoms with van der Waals surface area (Å²) in [4.78, 5) is 0. The Labute approximate surface area is 121 Å². The van der Waals surface area contributed by atoms with E-state index in [1.165, 1.54) is 30.4 Å². The second-order valence-corrected chi connectivity index (χ2v) is 6.03. The normalized spacial score (nSPS) is 29.4. The molecule has 0 aromatic heterocycles. The third-order valence-corrected chi connectivity index (χ3v) is 4.81. The Hall–Kier alpha value is -0.900. The maximum absolute atomic E-state index is 5.97. The molecule has 1 heterocycles. The molecule has 1 fully saturated rings. The molecule has 110 valence electrons. The Kier molecular flexibility index (Phi) is 4.71. The topological polar surface area (TPSA) is 44.5 Å². The summed E-state index contributed by atoms with van der Waals surface area (Å²) in [7, 11) is 0. The van der Waals surface area contributed by atoms with Crippen LogP contribution in [0.25, 0.3) is 0 Å². The van der Waals surface area contributed by atoms with Gasteiger partial charge in [0.05, 0.1) is 13.2 Å². The van der Waals surface area contributed by atoms with E-state index in [1.54, 1.807) is 0 Å². The summed E-state index contributed by atoms with van der Waals surface area (Å²) < 4.78 is 11.8. The molecule has 0 bridgehead atoms. The predicted octanol–water partition coefficient (Wildman–Crippen LogP) is 2.69. The van der Waals surface area contributed by atoms with Crippen molar-refractivity contribution in [1.29, 1.82) is 0 Å². The summed E-state index contributed by atoms with van der Waals surface area (Å²) in [6.45, 7) is 3.12. The Balaban J connectivity index is 1.52. The minimum absolute atomic E-state index is 0.109. The van der Waals surface area contributed by atoms with Gasteiger partial charge in [-0.1, -0.05) is 30.7 Å². The predicted molar refractivity (Wildman–Crippen MR) is 79.5 cm³/mol. The standard InChI is InChI=1S/C17H25NO2/c18-10-14-5-3-6-15(14)11-19-12-17-16-7-2-1-4-13(16)8-9-20-17/h1-2,4,7,14-15,17H,3,5-6,8-12,18H2. The molecule has 2 aliphatic rings. The molecule has 3 atom stereocenters. The number of fused-ring (bicyclic) bond motifs is 1. The van der Waals surface area contributed by atoms with Gasteiger partial charge in [-0.25, -0.2) is 0 Å². The summed E-state index contributed by atoms with van der Waals surface area (Å²) in [5.41, 5.74) is 8.54. The molecule has 1 aliphatic carbocycles. The van der Waals surface area contributed by atoms with Crippen LogP contribution >= 0.6 is 0 Å². The lowest BCUT2D eigenvalue weighted by atomic mass is 9.97. The van der Waals surface area contributed by atoms with E-state index in [2.05, 4.69) is 24.3 Å². The van der Waals surface area contributed by atoms with Crippen molar-refractivity contribution in [2.45, 2.75) is 31.8 Å². The van der Waals surface area contributed by atoms with Gasteiger partial charge in [-0.15, -0.1) is 0 Å². The zero-order valence-corrected chi connectivity index (χ0v) is 12.1. The first kappa shape index (κ1) is 14.1. The number of hydrogen-bond donors (Lipinski definition) is 1. The van der Waals surface area contributed by atoms with Crippen LogP contribution in [0.1, 0.15) is 36.5 Å². The van der Waals surface area contributed by atoms with Gasteiger partial charge in [-0.05, 0) is 48.8 Å². The third-order valence-electron chi connectivity index (χ3n) is 4.81. The van der Waals surface area contributed by atoms with Crippen LogP contribution in [0.5, 0.6) is 0 Å². The Morgan fingerprint density at radius 3 is 2.90 bits per heavy atom. The second kappa shape index (κ2) is 6.70. The van der Waals surface area contributed by atoms with Crippen molar-refractivity contribution >= 4 is 0 Å². The summed E-state index contributed by atoms with van der Waals surface area (Å²) in [6, 6.07) is 8.56. The minimum Gasteiger partial charge on any atom is -0.378 e. The highest BCUT2D eigenvalue weighted by atomic mass is 16.5. The van der Waals surface area contributed by atoms with Crippen LogP contribution in [0.2, 0.25) is 0 Å². The van der Waals surface area contributed by atoms with E-state index in [1.807, 2.05) is 0 Å². The zero-order chi connectivity index (χ0) is 13.8. The van der Waals surface area contributed by atoms with Crippen LogP contribution < -0.4 is 5.73 Å². The number of ether oxygens (including phenoxy) is 2. The molecular weight excluding hydrogens is 250 g/mol. The van der Waals surface area contributed by atoms with Crippen molar-refractivity contribution < 1.29 is 9.47 Å². The van der Waals surface area contributed by atoms with Gasteiger partial charge in [0, 0.05) is 6.61 Å². The molecule has 1 saturated carbocycles. The van der Waals surface area contributed by atoms with Gasteiger partial charge < -0.3 is 15.2 Å². The molecule has 3 heteroatoms. The van der Waals surface area contributed by atoms with Crippen LogP contribution in [-0.2, 0) is 15.9 Å². The molecule has 0 amide bonds. The molecule has 1 aliphatic heterocycles. The van der Waals surface area contributed by atoms with Crippen molar-refractivity contribution in [1.82, 2.24) is 0 Å². The number of benzene rings is 1. The maximum Gasteiger partial charge on any atom is 0.106 e. The molecule has 3 unspecified atom stereocenters. The summed E-state index contributed by atoms with van der Waals surface area (Å²) in [5, 5.41) is 0. The third kappa shape index (κ3) is 3.05. The highest BCUT2D eigenvalue weighted by Crippen LogP contribution is 2.32. The van der Waals surface area contributed by atoms with Gasteiger partial charge in [-0.3, -0.25) is 0 Å². The second-order valence-electron chi connectivity index (χ2n) is 6.03. The smallest absolute Gasteiger partial charge is 0.106 e. The lowest BCUT2D eigenvalue weighted by molar-refractivity contribution is -0.0350. The molecule has 1 aromatic carbocycles.